The van der Waals surface area contributed by atoms with E-state index in [1.807, 2.05) is 31.2 Å². The fourth-order valence-electron chi connectivity index (χ4n) is 4.83. The van der Waals surface area contributed by atoms with Crippen LogP contribution in [0.25, 0.3) is 33.7 Å². The Balaban J connectivity index is 1.51. The number of fused-ring (bicyclic) bond motifs is 1. The normalized spacial score (nSPS) is 15.0. The molecule has 0 saturated carbocycles. The maximum Gasteiger partial charge on any atom is 0.417 e. The molecule has 0 amide bonds. The number of alkyl halides is 3. The summed E-state index contributed by atoms with van der Waals surface area (Å²) in [6.45, 7) is 8.94. The Labute approximate surface area is 212 Å². The zero-order valence-corrected chi connectivity index (χ0v) is 20.7. The van der Waals surface area contributed by atoms with Crippen molar-refractivity contribution in [1.29, 1.82) is 0 Å². The van der Waals surface area contributed by atoms with Crippen molar-refractivity contribution in [2.45, 2.75) is 32.9 Å². The number of aromatic amines is 1. The van der Waals surface area contributed by atoms with Gasteiger partial charge < -0.3 is 9.80 Å². The Morgan fingerprint density at radius 3 is 2.38 bits per heavy atom. The van der Waals surface area contributed by atoms with Gasteiger partial charge in [-0.05, 0) is 42.8 Å². The molecule has 6 nitrogen and oxygen atoms in total. The molecule has 1 N–H and O–H groups in total. The topological polar surface area (TPSA) is 60.9 Å². The zero-order valence-electron chi connectivity index (χ0n) is 20.7. The van der Waals surface area contributed by atoms with Crippen LogP contribution in [0.5, 0.6) is 0 Å². The van der Waals surface area contributed by atoms with E-state index >= 15 is 4.39 Å². The molecular formula is C27H28F4N6. The van der Waals surface area contributed by atoms with Crippen LogP contribution < -0.4 is 4.90 Å². The number of likely N-dealkylation sites (N-methyl/N-ethyl adjacent to an activating group) is 1. The van der Waals surface area contributed by atoms with Gasteiger partial charge in [-0.15, -0.1) is 0 Å². The highest BCUT2D eigenvalue weighted by Crippen LogP contribution is 2.39. The Morgan fingerprint density at radius 1 is 1.00 bits per heavy atom. The molecule has 4 aromatic rings. The number of piperazine rings is 1. The standard InChI is InChI=1S/C27H28F4N6/c1-3-5-17-14-20(27(29,30)31)23(21(28)15-17)26-32-16-22-25(33-26)24(35-34-22)18-6-8-19(9-7-18)37-12-10-36(4-2)11-13-37/h6-9,14-16H,3-5,10-13H2,1-2H3,(H,34,35). The summed E-state index contributed by atoms with van der Waals surface area (Å²) in [5.74, 6) is -1.32. The molecule has 1 aliphatic rings. The van der Waals surface area contributed by atoms with Crippen LogP contribution in [0.3, 0.4) is 0 Å². The highest BCUT2D eigenvalue weighted by atomic mass is 19.4. The third-order valence-corrected chi connectivity index (χ3v) is 6.84. The molecule has 0 radical (unpaired) electrons. The van der Waals surface area contributed by atoms with Gasteiger partial charge in [0.1, 0.15) is 22.5 Å². The second-order valence-electron chi connectivity index (χ2n) is 9.24. The second-order valence-corrected chi connectivity index (χ2v) is 9.24. The smallest absolute Gasteiger partial charge is 0.369 e. The quantitative estimate of drug-likeness (QED) is 0.324. The number of H-pyrrole nitrogens is 1. The molecule has 1 aliphatic heterocycles. The molecule has 0 unspecified atom stereocenters. The monoisotopic (exact) mass is 512 g/mol. The number of rotatable bonds is 6. The van der Waals surface area contributed by atoms with E-state index in [1.165, 1.54) is 6.20 Å². The van der Waals surface area contributed by atoms with E-state index < -0.39 is 23.1 Å². The number of aryl methyl sites for hydroxylation is 1. The van der Waals surface area contributed by atoms with E-state index in [0.717, 1.165) is 56.1 Å². The van der Waals surface area contributed by atoms with Crippen LogP contribution in [0.4, 0.5) is 23.2 Å². The van der Waals surface area contributed by atoms with Gasteiger partial charge in [-0.3, -0.25) is 5.10 Å². The minimum Gasteiger partial charge on any atom is -0.369 e. The van der Waals surface area contributed by atoms with Crippen LogP contribution in [0.2, 0.25) is 0 Å². The number of nitrogens with zero attached hydrogens (tertiary/aromatic N) is 5. The fourth-order valence-corrected chi connectivity index (χ4v) is 4.83. The van der Waals surface area contributed by atoms with Crippen molar-refractivity contribution in [3.8, 4) is 22.6 Å². The first-order chi connectivity index (χ1) is 17.8. The largest absolute Gasteiger partial charge is 0.417 e. The number of benzene rings is 2. The lowest BCUT2D eigenvalue weighted by Crippen LogP contribution is -2.46. The SMILES string of the molecule is CCCc1cc(F)c(-c2ncc3[nH]nc(-c4ccc(N5CCN(CC)CC5)cc4)c3n2)c(C(F)(F)F)c1. The van der Waals surface area contributed by atoms with Gasteiger partial charge in [0.15, 0.2) is 5.82 Å². The average molecular weight is 513 g/mol. The lowest BCUT2D eigenvalue weighted by molar-refractivity contribution is -0.137. The molecule has 194 valence electrons. The number of anilines is 1. The Hall–Kier alpha value is -3.53. The van der Waals surface area contributed by atoms with E-state index in [-0.39, 0.29) is 11.4 Å². The van der Waals surface area contributed by atoms with E-state index in [4.69, 9.17) is 0 Å². The van der Waals surface area contributed by atoms with Crippen molar-refractivity contribution in [1.82, 2.24) is 25.1 Å². The van der Waals surface area contributed by atoms with Crippen molar-refractivity contribution < 1.29 is 17.6 Å². The minimum atomic E-state index is -4.75. The molecule has 2 aromatic carbocycles. The molecule has 1 fully saturated rings. The summed E-state index contributed by atoms with van der Waals surface area (Å²) in [5.41, 5.74) is 1.67. The van der Waals surface area contributed by atoms with Gasteiger partial charge in [0.25, 0.3) is 0 Å². The summed E-state index contributed by atoms with van der Waals surface area (Å²) >= 11 is 0. The molecule has 2 aromatic heterocycles. The summed E-state index contributed by atoms with van der Waals surface area (Å²) in [6.07, 6.45) is -2.47. The van der Waals surface area contributed by atoms with Crippen molar-refractivity contribution in [2.24, 2.45) is 0 Å². The van der Waals surface area contributed by atoms with Crippen LogP contribution >= 0.6 is 0 Å². The van der Waals surface area contributed by atoms with E-state index in [0.29, 0.717) is 29.6 Å². The number of nitrogens with one attached hydrogen (secondary N) is 1. The maximum atomic E-state index is 15.1. The highest BCUT2D eigenvalue weighted by Gasteiger charge is 2.36. The first kappa shape index (κ1) is 25.1. The Kier molecular flexibility index (Phi) is 6.85. The molecule has 0 atom stereocenters. The van der Waals surface area contributed by atoms with Crippen molar-refractivity contribution in [2.75, 3.05) is 37.6 Å². The molecule has 37 heavy (non-hydrogen) atoms. The summed E-state index contributed by atoms with van der Waals surface area (Å²) in [5, 5.41) is 7.16. The molecule has 0 spiro atoms. The van der Waals surface area contributed by atoms with E-state index in [2.05, 4.69) is 36.9 Å². The third-order valence-electron chi connectivity index (χ3n) is 6.84. The fraction of sp³-hybridized carbons (Fsp3) is 0.370. The first-order valence-corrected chi connectivity index (χ1v) is 12.5. The van der Waals surface area contributed by atoms with Gasteiger partial charge in [-0.2, -0.15) is 18.3 Å². The Bertz CT molecular complexity index is 1390. The van der Waals surface area contributed by atoms with Gasteiger partial charge in [0.05, 0.1) is 17.3 Å². The van der Waals surface area contributed by atoms with Crippen LogP contribution in [0, 0.1) is 5.82 Å². The molecule has 10 heteroatoms. The van der Waals surface area contributed by atoms with Crippen LogP contribution in [0.1, 0.15) is 31.4 Å². The van der Waals surface area contributed by atoms with Crippen molar-refractivity contribution in [3.05, 3.63) is 59.5 Å². The Morgan fingerprint density at radius 2 is 1.73 bits per heavy atom. The minimum absolute atomic E-state index is 0.289. The van der Waals surface area contributed by atoms with Crippen LogP contribution in [-0.4, -0.2) is 57.8 Å². The molecular weight excluding hydrogens is 484 g/mol. The summed E-state index contributed by atoms with van der Waals surface area (Å²) in [7, 11) is 0. The van der Waals surface area contributed by atoms with Gasteiger partial charge >= 0.3 is 6.18 Å². The predicted octanol–water partition coefficient (Wildman–Crippen LogP) is 5.94. The average Bonchev–Trinajstić information content (AvgIpc) is 3.31. The molecule has 3 heterocycles. The van der Waals surface area contributed by atoms with Crippen molar-refractivity contribution >= 4 is 16.7 Å². The van der Waals surface area contributed by atoms with Crippen LogP contribution in [-0.2, 0) is 12.6 Å². The molecule has 1 saturated heterocycles. The van der Waals surface area contributed by atoms with Gasteiger partial charge in [-0.25, -0.2) is 14.4 Å². The van der Waals surface area contributed by atoms with Gasteiger partial charge in [0, 0.05) is 37.4 Å². The second kappa shape index (κ2) is 10.1. The van der Waals surface area contributed by atoms with Crippen molar-refractivity contribution in [3.63, 3.8) is 0 Å². The molecule has 0 aliphatic carbocycles. The van der Waals surface area contributed by atoms with Gasteiger partial charge in [0.2, 0.25) is 0 Å². The molecule has 0 bridgehead atoms. The van der Waals surface area contributed by atoms with Gasteiger partial charge in [-0.1, -0.05) is 32.4 Å². The first-order valence-electron chi connectivity index (χ1n) is 12.5. The summed E-state index contributed by atoms with van der Waals surface area (Å²) < 4.78 is 56.8. The highest BCUT2D eigenvalue weighted by molar-refractivity contribution is 5.90. The number of aromatic nitrogens is 4. The lowest BCUT2D eigenvalue weighted by Gasteiger charge is -2.35. The number of hydrogen-bond donors (Lipinski definition) is 1. The third kappa shape index (κ3) is 5.02. The zero-order chi connectivity index (χ0) is 26.2. The number of halogens is 4. The van der Waals surface area contributed by atoms with Crippen LogP contribution in [0.15, 0.2) is 42.6 Å². The van der Waals surface area contributed by atoms with E-state index in [1.54, 1.807) is 0 Å². The predicted molar refractivity (Wildman–Crippen MR) is 136 cm³/mol. The van der Waals surface area contributed by atoms with E-state index in [9.17, 15) is 13.2 Å². The number of hydrogen-bond acceptors (Lipinski definition) is 5. The summed E-state index contributed by atoms with van der Waals surface area (Å²) in [6, 6.07) is 9.98. The summed E-state index contributed by atoms with van der Waals surface area (Å²) in [4.78, 5) is 13.1. The lowest BCUT2D eigenvalue weighted by atomic mass is 9.99. The molecule has 5 rings (SSSR count). The maximum absolute atomic E-state index is 15.1.